The Labute approximate surface area is 188 Å². The molecular weight excluding hydrogens is 400 g/mol. The molecular formula is C25H28N6O. The number of likely N-dealkylation sites (tertiary alicyclic amines) is 1. The van der Waals surface area contributed by atoms with E-state index in [9.17, 15) is 4.79 Å². The molecule has 1 aromatic carbocycles. The van der Waals surface area contributed by atoms with Crippen molar-refractivity contribution >= 4 is 17.5 Å². The Morgan fingerprint density at radius 2 is 1.78 bits per heavy atom. The lowest BCUT2D eigenvalue weighted by Crippen LogP contribution is -2.45. The van der Waals surface area contributed by atoms with Crippen LogP contribution < -0.4 is 10.6 Å². The van der Waals surface area contributed by atoms with Crippen molar-refractivity contribution in [1.82, 2.24) is 19.9 Å². The maximum absolute atomic E-state index is 13.1. The van der Waals surface area contributed by atoms with Crippen LogP contribution in [0.25, 0.3) is 11.1 Å². The van der Waals surface area contributed by atoms with Gasteiger partial charge in [-0.3, -0.25) is 14.7 Å². The van der Waals surface area contributed by atoms with Crippen LogP contribution in [0.15, 0.2) is 55.0 Å². The number of aryl methyl sites for hydroxylation is 1. The summed E-state index contributed by atoms with van der Waals surface area (Å²) < 4.78 is 0. The second-order valence-electron chi connectivity index (χ2n) is 8.65. The molecule has 1 amide bonds. The van der Waals surface area contributed by atoms with E-state index in [0.717, 1.165) is 67.8 Å². The van der Waals surface area contributed by atoms with Crippen molar-refractivity contribution in [2.75, 3.05) is 36.8 Å². The number of anilines is 2. The molecule has 1 saturated heterocycles. The third kappa shape index (κ3) is 4.34. The molecule has 32 heavy (non-hydrogen) atoms. The van der Waals surface area contributed by atoms with Gasteiger partial charge in [-0.15, -0.1) is 0 Å². The van der Waals surface area contributed by atoms with Gasteiger partial charge in [0.05, 0.1) is 6.54 Å². The largest absolute Gasteiger partial charge is 0.368 e. The number of fused-ring (bicyclic) bond motifs is 1. The molecule has 1 atom stereocenters. The summed E-state index contributed by atoms with van der Waals surface area (Å²) in [6.07, 6.45) is 9.55. The molecule has 164 valence electrons. The first-order valence-electron chi connectivity index (χ1n) is 11.3. The predicted octanol–water partition coefficient (Wildman–Crippen LogP) is 3.28. The summed E-state index contributed by atoms with van der Waals surface area (Å²) in [5.74, 6) is 0.801. The molecule has 3 aromatic rings. The number of benzene rings is 1. The molecule has 2 aliphatic rings. The molecule has 2 aliphatic heterocycles. The first kappa shape index (κ1) is 20.6. The lowest BCUT2D eigenvalue weighted by atomic mass is 9.93. The molecule has 0 saturated carbocycles. The van der Waals surface area contributed by atoms with Crippen molar-refractivity contribution in [3.63, 3.8) is 0 Å². The standard InChI is InChI=1S/C25H28N6O/c26-25-28-14-21(15-29-25)19-9-10-22(27-13-19)20-7-3-11-30(16-20)17-24(32)31-12-4-6-18-5-1-2-8-23(18)31/h1-2,5,8-10,13-15,20H,3-4,6-7,11-12,16-17H2,(H2,26,28,29)/t20-/m1/s1. The van der Waals surface area contributed by atoms with Crippen molar-refractivity contribution in [2.24, 2.45) is 0 Å². The summed E-state index contributed by atoms with van der Waals surface area (Å²) in [6, 6.07) is 12.4. The Hall–Kier alpha value is -3.32. The van der Waals surface area contributed by atoms with Gasteiger partial charge >= 0.3 is 0 Å². The van der Waals surface area contributed by atoms with Crippen LogP contribution in [0.1, 0.15) is 36.4 Å². The van der Waals surface area contributed by atoms with Crippen LogP contribution in [0.5, 0.6) is 0 Å². The topological polar surface area (TPSA) is 88.2 Å². The quantitative estimate of drug-likeness (QED) is 0.686. The molecule has 0 bridgehead atoms. The van der Waals surface area contributed by atoms with Crippen LogP contribution in [-0.4, -0.2) is 51.9 Å². The Kier molecular flexibility index (Phi) is 5.81. The van der Waals surface area contributed by atoms with Crippen LogP contribution in [0.2, 0.25) is 0 Å². The van der Waals surface area contributed by atoms with Crippen molar-refractivity contribution < 1.29 is 4.79 Å². The van der Waals surface area contributed by atoms with E-state index in [0.29, 0.717) is 12.5 Å². The molecule has 5 rings (SSSR count). The summed E-state index contributed by atoms with van der Waals surface area (Å²) in [6.45, 7) is 3.09. The molecule has 1 fully saturated rings. The average Bonchev–Trinajstić information content (AvgIpc) is 2.84. The van der Waals surface area contributed by atoms with Gasteiger partial charge in [-0.05, 0) is 49.9 Å². The van der Waals surface area contributed by atoms with Gasteiger partial charge in [0.2, 0.25) is 11.9 Å². The zero-order valence-corrected chi connectivity index (χ0v) is 18.2. The minimum absolute atomic E-state index is 0.199. The predicted molar refractivity (Wildman–Crippen MR) is 125 cm³/mol. The second-order valence-corrected chi connectivity index (χ2v) is 8.65. The minimum Gasteiger partial charge on any atom is -0.368 e. The van der Waals surface area contributed by atoms with Crippen LogP contribution in [0, 0.1) is 0 Å². The normalized spacial score (nSPS) is 18.9. The maximum Gasteiger partial charge on any atom is 0.241 e. The molecule has 0 radical (unpaired) electrons. The zero-order valence-electron chi connectivity index (χ0n) is 18.2. The van der Waals surface area contributed by atoms with E-state index in [2.05, 4.69) is 45.2 Å². The number of para-hydroxylation sites is 1. The van der Waals surface area contributed by atoms with Crippen LogP contribution in [0.3, 0.4) is 0 Å². The summed E-state index contributed by atoms with van der Waals surface area (Å²) >= 11 is 0. The molecule has 0 aliphatic carbocycles. The number of nitrogens with zero attached hydrogens (tertiary/aromatic N) is 5. The molecule has 7 nitrogen and oxygen atoms in total. The minimum atomic E-state index is 0.199. The first-order valence-corrected chi connectivity index (χ1v) is 11.3. The number of amides is 1. The Balaban J connectivity index is 1.24. The highest BCUT2D eigenvalue weighted by atomic mass is 16.2. The SMILES string of the molecule is Nc1ncc(-c2ccc([C@@H]3CCCN(CC(=O)N4CCCc5ccccc54)C3)nc2)cn1. The molecule has 2 N–H and O–H groups in total. The number of hydrogen-bond acceptors (Lipinski definition) is 6. The van der Waals surface area contributed by atoms with Crippen LogP contribution in [0.4, 0.5) is 11.6 Å². The zero-order chi connectivity index (χ0) is 21.9. The fourth-order valence-corrected chi connectivity index (χ4v) is 4.81. The second kappa shape index (κ2) is 9.04. The van der Waals surface area contributed by atoms with E-state index in [1.807, 2.05) is 17.2 Å². The molecule has 2 aromatic heterocycles. The summed E-state index contributed by atoms with van der Waals surface area (Å²) in [7, 11) is 0. The number of aromatic nitrogens is 3. The van der Waals surface area contributed by atoms with Crippen LogP contribution >= 0.6 is 0 Å². The smallest absolute Gasteiger partial charge is 0.241 e. The van der Waals surface area contributed by atoms with E-state index in [-0.39, 0.29) is 11.9 Å². The van der Waals surface area contributed by atoms with Gasteiger partial charge in [-0.25, -0.2) is 9.97 Å². The van der Waals surface area contributed by atoms with Crippen molar-refractivity contribution in [3.05, 3.63) is 66.2 Å². The third-order valence-electron chi connectivity index (χ3n) is 6.49. The average molecular weight is 429 g/mol. The monoisotopic (exact) mass is 428 g/mol. The van der Waals surface area contributed by atoms with Gasteiger partial charge in [-0.2, -0.15) is 0 Å². The van der Waals surface area contributed by atoms with E-state index in [1.54, 1.807) is 12.4 Å². The van der Waals surface area contributed by atoms with E-state index < -0.39 is 0 Å². The van der Waals surface area contributed by atoms with Gasteiger partial charge in [0.1, 0.15) is 0 Å². The van der Waals surface area contributed by atoms with Crippen LogP contribution in [-0.2, 0) is 11.2 Å². The fourth-order valence-electron chi connectivity index (χ4n) is 4.81. The van der Waals surface area contributed by atoms with Gasteiger partial charge < -0.3 is 10.6 Å². The van der Waals surface area contributed by atoms with Crippen molar-refractivity contribution in [1.29, 1.82) is 0 Å². The number of hydrogen-bond donors (Lipinski definition) is 1. The van der Waals surface area contributed by atoms with E-state index in [1.165, 1.54) is 5.56 Å². The molecule has 0 unspecified atom stereocenters. The number of piperidine rings is 1. The lowest BCUT2D eigenvalue weighted by molar-refractivity contribution is -0.120. The van der Waals surface area contributed by atoms with Gasteiger partial charge in [-0.1, -0.05) is 24.3 Å². The maximum atomic E-state index is 13.1. The lowest BCUT2D eigenvalue weighted by Gasteiger charge is -2.35. The van der Waals surface area contributed by atoms with Crippen molar-refractivity contribution in [3.8, 4) is 11.1 Å². The van der Waals surface area contributed by atoms with Crippen molar-refractivity contribution in [2.45, 2.75) is 31.6 Å². The summed E-state index contributed by atoms with van der Waals surface area (Å²) in [4.78, 5) is 30.2. The highest BCUT2D eigenvalue weighted by Crippen LogP contribution is 2.29. The fraction of sp³-hybridized carbons (Fsp3) is 0.360. The van der Waals surface area contributed by atoms with E-state index in [4.69, 9.17) is 10.7 Å². The highest BCUT2D eigenvalue weighted by molar-refractivity contribution is 5.96. The number of carbonyl (C=O) groups excluding carboxylic acids is 1. The Morgan fingerprint density at radius 1 is 0.969 bits per heavy atom. The van der Waals surface area contributed by atoms with Gasteiger partial charge in [0.15, 0.2) is 0 Å². The molecule has 4 heterocycles. The Morgan fingerprint density at radius 3 is 2.59 bits per heavy atom. The summed E-state index contributed by atoms with van der Waals surface area (Å²) in [5, 5.41) is 0. The van der Waals surface area contributed by atoms with Gasteiger partial charge in [0, 0.05) is 60.1 Å². The summed E-state index contributed by atoms with van der Waals surface area (Å²) in [5.41, 5.74) is 10.9. The third-order valence-corrected chi connectivity index (χ3v) is 6.49. The first-order chi connectivity index (χ1) is 15.7. The highest BCUT2D eigenvalue weighted by Gasteiger charge is 2.27. The van der Waals surface area contributed by atoms with Gasteiger partial charge in [0.25, 0.3) is 0 Å². The number of nitrogens with two attached hydrogens (primary N) is 1. The molecule has 7 heteroatoms. The number of nitrogen functional groups attached to an aromatic ring is 1. The number of rotatable bonds is 4. The Bertz CT molecular complexity index is 1080. The van der Waals surface area contributed by atoms with E-state index >= 15 is 0 Å². The molecule has 0 spiro atoms. The number of carbonyl (C=O) groups is 1. The number of pyridine rings is 1.